The minimum Gasteiger partial charge on any atom is -0.337 e. The van der Waals surface area contributed by atoms with Gasteiger partial charge in [-0.05, 0) is 30.5 Å². The number of likely N-dealkylation sites (tertiary alicyclic amines) is 1. The van der Waals surface area contributed by atoms with E-state index in [-0.39, 0.29) is 0 Å². The highest BCUT2D eigenvalue weighted by Gasteiger charge is 2.26. The van der Waals surface area contributed by atoms with Crippen LogP contribution in [0.1, 0.15) is 23.8 Å². The average molecular weight is 342 g/mol. The topological polar surface area (TPSA) is 67.9 Å². The van der Waals surface area contributed by atoms with E-state index in [1.165, 1.54) is 5.56 Å². The molecule has 122 valence electrons. The highest BCUT2D eigenvalue weighted by atomic mass is 35.5. The summed E-state index contributed by atoms with van der Waals surface area (Å²) < 4.78 is 5.35. The summed E-state index contributed by atoms with van der Waals surface area (Å²) in [7, 11) is 0. The molecule has 7 heteroatoms. The third-order valence-electron chi connectivity index (χ3n) is 4.24. The van der Waals surface area contributed by atoms with E-state index in [0.717, 1.165) is 24.5 Å². The number of hydrogen-bond acceptors (Lipinski definition) is 6. The van der Waals surface area contributed by atoms with Crippen molar-refractivity contribution in [3.05, 3.63) is 59.3 Å². The van der Waals surface area contributed by atoms with E-state index in [1.807, 2.05) is 18.2 Å². The fourth-order valence-corrected chi connectivity index (χ4v) is 3.36. The number of aromatic nitrogens is 4. The molecule has 0 spiro atoms. The quantitative estimate of drug-likeness (QED) is 0.726. The van der Waals surface area contributed by atoms with Crippen LogP contribution in [0.2, 0.25) is 5.02 Å². The Labute approximate surface area is 144 Å². The van der Waals surface area contributed by atoms with E-state index in [0.29, 0.717) is 29.9 Å². The molecule has 4 rings (SSSR count). The van der Waals surface area contributed by atoms with Crippen molar-refractivity contribution in [3.8, 4) is 11.5 Å². The van der Waals surface area contributed by atoms with Crippen molar-refractivity contribution < 1.29 is 4.52 Å². The summed E-state index contributed by atoms with van der Waals surface area (Å²) >= 11 is 6.31. The van der Waals surface area contributed by atoms with Crippen LogP contribution in [0.3, 0.4) is 0 Å². The molecule has 1 aromatic carbocycles. The molecule has 24 heavy (non-hydrogen) atoms. The van der Waals surface area contributed by atoms with Gasteiger partial charge < -0.3 is 4.52 Å². The lowest BCUT2D eigenvalue weighted by molar-refractivity contribution is 0.265. The molecule has 1 saturated heterocycles. The largest absolute Gasteiger partial charge is 0.337 e. The standard InChI is InChI=1S/C17H16ClN5O/c18-14-4-2-1-3-13(14)12-5-8-23(10-12)11-16-21-17(22-24-16)15-9-19-6-7-20-15/h1-4,6-7,9,12H,5,8,10-11H2. The van der Waals surface area contributed by atoms with E-state index >= 15 is 0 Å². The highest BCUT2D eigenvalue weighted by Crippen LogP contribution is 2.32. The first-order chi connectivity index (χ1) is 11.8. The first kappa shape index (κ1) is 15.2. The Morgan fingerprint density at radius 1 is 1.25 bits per heavy atom. The molecule has 1 fully saturated rings. The Hall–Kier alpha value is -2.31. The lowest BCUT2D eigenvalue weighted by atomic mass is 9.98. The summed E-state index contributed by atoms with van der Waals surface area (Å²) in [4.78, 5) is 14.9. The van der Waals surface area contributed by atoms with Crippen LogP contribution in [-0.2, 0) is 6.54 Å². The first-order valence-electron chi connectivity index (χ1n) is 7.85. The Morgan fingerprint density at radius 2 is 2.17 bits per heavy atom. The Bertz CT molecular complexity index is 823. The van der Waals surface area contributed by atoms with Gasteiger partial charge in [0, 0.05) is 24.0 Å². The third kappa shape index (κ3) is 3.16. The molecule has 1 aliphatic rings. The van der Waals surface area contributed by atoms with Gasteiger partial charge in [0.05, 0.1) is 12.7 Å². The summed E-state index contributed by atoms with van der Waals surface area (Å²) in [6, 6.07) is 8.06. The summed E-state index contributed by atoms with van der Waals surface area (Å²) in [6.45, 7) is 2.56. The van der Waals surface area contributed by atoms with E-state index in [2.05, 4.69) is 31.1 Å². The van der Waals surface area contributed by atoms with Gasteiger partial charge in [0.1, 0.15) is 5.69 Å². The van der Waals surface area contributed by atoms with Crippen molar-refractivity contribution in [1.82, 2.24) is 25.0 Å². The van der Waals surface area contributed by atoms with Gasteiger partial charge >= 0.3 is 0 Å². The zero-order valence-electron chi connectivity index (χ0n) is 13.0. The molecule has 2 aromatic heterocycles. The van der Waals surface area contributed by atoms with E-state index in [9.17, 15) is 0 Å². The van der Waals surface area contributed by atoms with Crippen molar-refractivity contribution in [2.45, 2.75) is 18.9 Å². The first-order valence-corrected chi connectivity index (χ1v) is 8.23. The lowest BCUT2D eigenvalue weighted by Gasteiger charge is -2.14. The second-order valence-corrected chi connectivity index (χ2v) is 6.25. The molecule has 1 atom stereocenters. The van der Waals surface area contributed by atoms with E-state index in [1.54, 1.807) is 18.6 Å². The number of nitrogens with zero attached hydrogens (tertiary/aromatic N) is 5. The van der Waals surface area contributed by atoms with Crippen LogP contribution in [0.4, 0.5) is 0 Å². The number of benzene rings is 1. The molecule has 3 heterocycles. The minimum atomic E-state index is 0.445. The van der Waals surface area contributed by atoms with Crippen LogP contribution in [0.25, 0.3) is 11.5 Å². The predicted octanol–water partition coefficient (Wildman–Crippen LogP) is 3.17. The smallest absolute Gasteiger partial charge is 0.241 e. The van der Waals surface area contributed by atoms with Gasteiger partial charge in [0.25, 0.3) is 0 Å². The average Bonchev–Trinajstić information content (AvgIpc) is 3.26. The monoisotopic (exact) mass is 341 g/mol. The van der Waals surface area contributed by atoms with Crippen LogP contribution < -0.4 is 0 Å². The molecular weight excluding hydrogens is 326 g/mol. The van der Waals surface area contributed by atoms with Gasteiger partial charge in [-0.15, -0.1) is 0 Å². The van der Waals surface area contributed by atoms with Gasteiger partial charge in [0.2, 0.25) is 11.7 Å². The molecule has 0 saturated carbocycles. The Morgan fingerprint density at radius 3 is 3.00 bits per heavy atom. The van der Waals surface area contributed by atoms with Gasteiger partial charge in [0.15, 0.2) is 0 Å². The second-order valence-electron chi connectivity index (χ2n) is 5.84. The van der Waals surface area contributed by atoms with Crippen molar-refractivity contribution in [3.63, 3.8) is 0 Å². The number of hydrogen-bond donors (Lipinski definition) is 0. The van der Waals surface area contributed by atoms with Crippen LogP contribution in [-0.4, -0.2) is 38.1 Å². The molecule has 1 unspecified atom stereocenters. The van der Waals surface area contributed by atoms with Crippen LogP contribution >= 0.6 is 11.6 Å². The molecule has 0 aliphatic carbocycles. The fraction of sp³-hybridized carbons (Fsp3) is 0.294. The van der Waals surface area contributed by atoms with Gasteiger partial charge in [-0.1, -0.05) is 35.0 Å². The van der Waals surface area contributed by atoms with Crippen molar-refractivity contribution in [2.24, 2.45) is 0 Å². The Kier molecular flexibility index (Phi) is 4.23. The van der Waals surface area contributed by atoms with Crippen molar-refractivity contribution >= 4 is 11.6 Å². The zero-order valence-corrected chi connectivity index (χ0v) is 13.7. The lowest BCUT2D eigenvalue weighted by Crippen LogP contribution is -2.20. The van der Waals surface area contributed by atoms with Crippen LogP contribution in [0.5, 0.6) is 0 Å². The summed E-state index contributed by atoms with van der Waals surface area (Å²) in [6.07, 6.45) is 5.93. The number of halogens is 1. The molecule has 3 aromatic rings. The molecule has 0 radical (unpaired) electrons. The zero-order chi connectivity index (χ0) is 16.4. The maximum absolute atomic E-state index is 6.31. The third-order valence-corrected chi connectivity index (χ3v) is 4.58. The summed E-state index contributed by atoms with van der Waals surface area (Å²) in [5.41, 5.74) is 1.83. The van der Waals surface area contributed by atoms with E-state index < -0.39 is 0 Å². The summed E-state index contributed by atoms with van der Waals surface area (Å²) in [5, 5.41) is 4.82. The molecule has 1 aliphatic heterocycles. The molecular formula is C17H16ClN5O. The second kappa shape index (κ2) is 6.67. The fourth-order valence-electron chi connectivity index (χ4n) is 3.07. The highest BCUT2D eigenvalue weighted by molar-refractivity contribution is 6.31. The molecule has 6 nitrogen and oxygen atoms in total. The van der Waals surface area contributed by atoms with Crippen LogP contribution in [0, 0.1) is 0 Å². The normalized spacial score (nSPS) is 18.1. The minimum absolute atomic E-state index is 0.445. The van der Waals surface area contributed by atoms with Crippen molar-refractivity contribution in [2.75, 3.05) is 13.1 Å². The van der Waals surface area contributed by atoms with Crippen molar-refractivity contribution in [1.29, 1.82) is 0 Å². The van der Waals surface area contributed by atoms with Crippen LogP contribution in [0.15, 0.2) is 47.4 Å². The number of rotatable bonds is 4. The van der Waals surface area contributed by atoms with Gasteiger partial charge in [-0.3, -0.25) is 9.88 Å². The molecule has 0 bridgehead atoms. The van der Waals surface area contributed by atoms with E-state index in [4.69, 9.17) is 16.1 Å². The molecule has 0 amide bonds. The SMILES string of the molecule is Clc1ccccc1C1CCN(Cc2nc(-c3cnccn3)no2)C1. The maximum Gasteiger partial charge on any atom is 0.241 e. The maximum atomic E-state index is 6.31. The molecule has 0 N–H and O–H groups in total. The van der Waals surface area contributed by atoms with Gasteiger partial charge in [-0.25, -0.2) is 4.98 Å². The Balaban J connectivity index is 1.42. The predicted molar refractivity (Wildman–Crippen MR) is 89.4 cm³/mol. The summed E-state index contributed by atoms with van der Waals surface area (Å²) in [5.74, 6) is 1.51. The van der Waals surface area contributed by atoms with Gasteiger partial charge in [-0.2, -0.15) is 4.98 Å².